The van der Waals surface area contributed by atoms with E-state index in [-0.39, 0.29) is 5.97 Å². The molecule has 0 heterocycles. The maximum Gasteiger partial charge on any atom is 0.305 e. The molecule has 0 amide bonds. The van der Waals surface area contributed by atoms with Crippen LogP contribution in [0.2, 0.25) is 0 Å². The highest BCUT2D eigenvalue weighted by Gasteiger charge is 2.01. The first-order chi connectivity index (χ1) is 16.8. The number of esters is 1. The van der Waals surface area contributed by atoms with E-state index in [2.05, 4.69) is 74.6 Å². The minimum Gasteiger partial charge on any atom is -0.466 e. The van der Waals surface area contributed by atoms with Gasteiger partial charge in [0, 0.05) is 6.42 Å². The van der Waals surface area contributed by atoms with Gasteiger partial charge in [0.15, 0.2) is 0 Å². The standard InChI is InChI=1S/C32H54O2/c1-3-5-7-9-11-13-15-17-18-19-21-23-25-27-29-31-34-32(33)30-28-26-24-22-20-16-14-12-10-8-6-4-2/h6,8,12,14,17-18,20,22-23,25H,3-5,7,9-11,13,15-16,19,21,24,26-31H2,1-2H3/b8-6-,14-12-,18-17+,22-20+,25-23+. The van der Waals surface area contributed by atoms with Gasteiger partial charge in [-0.15, -0.1) is 0 Å². The Kier molecular flexibility index (Phi) is 27.6. The quantitative estimate of drug-likeness (QED) is 0.0796. The molecule has 0 aliphatic carbocycles. The normalized spacial score (nSPS) is 12.4. The molecule has 0 bridgehead atoms. The number of ether oxygens (including phenoxy) is 1. The molecule has 0 unspecified atom stereocenters. The zero-order chi connectivity index (χ0) is 24.8. The van der Waals surface area contributed by atoms with Gasteiger partial charge in [0.1, 0.15) is 0 Å². The average molecular weight is 471 g/mol. The van der Waals surface area contributed by atoms with Crippen molar-refractivity contribution in [2.75, 3.05) is 6.61 Å². The number of hydrogen-bond acceptors (Lipinski definition) is 2. The second-order valence-electron chi connectivity index (χ2n) is 8.98. The molecule has 0 aromatic carbocycles. The summed E-state index contributed by atoms with van der Waals surface area (Å²) in [5.41, 5.74) is 0. The minimum absolute atomic E-state index is 0.0495. The van der Waals surface area contributed by atoms with Crippen LogP contribution in [0, 0.1) is 0 Å². The van der Waals surface area contributed by atoms with Crippen LogP contribution < -0.4 is 0 Å². The number of carbonyl (C=O) groups is 1. The maximum absolute atomic E-state index is 11.8. The lowest BCUT2D eigenvalue weighted by Crippen LogP contribution is -2.05. The third-order valence-electron chi connectivity index (χ3n) is 5.62. The van der Waals surface area contributed by atoms with Gasteiger partial charge >= 0.3 is 5.97 Å². The van der Waals surface area contributed by atoms with Crippen LogP contribution in [-0.2, 0) is 9.53 Å². The Morgan fingerprint density at radius 3 is 1.71 bits per heavy atom. The molecule has 0 aliphatic rings. The smallest absolute Gasteiger partial charge is 0.305 e. The molecule has 0 aromatic heterocycles. The number of rotatable bonds is 24. The highest BCUT2D eigenvalue weighted by atomic mass is 16.5. The molecule has 0 fully saturated rings. The largest absolute Gasteiger partial charge is 0.466 e. The van der Waals surface area contributed by atoms with Crippen LogP contribution in [0.5, 0.6) is 0 Å². The van der Waals surface area contributed by atoms with Gasteiger partial charge in [0.05, 0.1) is 6.61 Å². The molecule has 34 heavy (non-hydrogen) atoms. The fourth-order valence-corrected chi connectivity index (χ4v) is 3.52. The number of unbranched alkanes of at least 4 members (excludes halogenated alkanes) is 10. The van der Waals surface area contributed by atoms with Crippen molar-refractivity contribution in [3.8, 4) is 0 Å². The predicted molar refractivity (Wildman–Crippen MR) is 151 cm³/mol. The molecular weight excluding hydrogens is 416 g/mol. The Hall–Kier alpha value is -1.83. The first-order valence-electron chi connectivity index (χ1n) is 14.2. The van der Waals surface area contributed by atoms with Crippen LogP contribution in [0.3, 0.4) is 0 Å². The van der Waals surface area contributed by atoms with E-state index >= 15 is 0 Å². The van der Waals surface area contributed by atoms with Crippen LogP contribution in [0.1, 0.15) is 129 Å². The van der Waals surface area contributed by atoms with Gasteiger partial charge in [0.25, 0.3) is 0 Å². The van der Waals surface area contributed by atoms with Crippen LogP contribution >= 0.6 is 0 Å². The van der Waals surface area contributed by atoms with E-state index in [0.717, 1.165) is 64.2 Å². The lowest BCUT2D eigenvalue weighted by Gasteiger charge is -2.03. The summed E-state index contributed by atoms with van der Waals surface area (Å²) >= 11 is 0. The van der Waals surface area contributed by atoms with Gasteiger partial charge in [-0.05, 0) is 77.0 Å². The summed E-state index contributed by atoms with van der Waals surface area (Å²) < 4.78 is 5.34. The molecule has 0 aliphatic heterocycles. The van der Waals surface area contributed by atoms with Crippen LogP contribution in [0.15, 0.2) is 60.8 Å². The van der Waals surface area contributed by atoms with Crippen molar-refractivity contribution in [3.63, 3.8) is 0 Å². The van der Waals surface area contributed by atoms with Crippen molar-refractivity contribution in [1.82, 2.24) is 0 Å². The molecule has 0 spiro atoms. The van der Waals surface area contributed by atoms with Gasteiger partial charge in [-0.25, -0.2) is 0 Å². The molecule has 0 atom stereocenters. The van der Waals surface area contributed by atoms with Gasteiger partial charge in [-0.3, -0.25) is 4.79 Å². The zero-order valence-corrected chi connectivity index (χ0v) is 22.5. The summed E-state index contributed by atoms with van der Waals surface area (Å²) in [7, 11) is 0. The predicted octanol–water partition coefficient (Wildman–Crippen LogP) is 10.4. The average Bonchev–Trinajstić information content (AvgIpc) is 2.84. The number of carbonyl (C=O) groups excluding carboxylic acids is 1. The summed E-state index contributed by atoms with van der Waals surface area (Å²) in [6, 6.07) is 0. The Balaban J connectivity index is 3.39. The molecule has 0 rings (SSSR count). The van der Waals surface area contributed by atoms with E-state index in [1.54, 1.807) is 0 Å². The topological polar surface area (TPSA) is 26.3 Å². The lowest BCUT2D eigenvalue weighted by atomic mass is 10.1. The molecule has 0 saturated carbocycles. The van der Waals surface area contributed by atoms with Gasteiger partial charge in [0.2, 0.25) is 0 Å². The molecule has 0 saturated heterocycles. The highest BCUT2D eigenvalue weighted by Crippen LogP contribution is 2.08. The minimum atomic E-state index is -0.0495. The first kappa shape index (κ1) is 32.2. The van der Waals surface area contributed by atoms with Crippen molar-refractivity contribution in [2.45, 2.75) is 129 Å². The fraction of sp³-hybridized carbons (Fsp3) is 0.656. The Bertz CT molecular complexity index is 566. The molecule has 0 radical (unpaired) electrons. The van der Waals surface area contributed by atoms with Crippen LogP contribution in [0.25, 0.3) is 0 Å². The Morgan fingerprint density at radius 1 is 0.529 bits per heavy atom. The van der Waals surface area contributed by atoms with Crippen molar-refractivity contribution in [2.24, 2.45) is 0 Å². The summed E-state index contributed by atoms with van der Waals surface area (Å²) in [6.07, 6.45) is 42.6. The van der Waals surface area contributed by atoms with Crippen molar-refractivity contribution >= 4 is 5.97 Å². The van der Waals surface area contributed by atoms with Crippen molar-refractivity contribution in [1.29, 1.82) is 0 Å². The van der Waals surface area contributed by atoms with E-state index in [4.69, 9.17) is 4.74 Å². The number of hydrogen-bond donors (Lipinski definition) is 0. The Labute approximate surface area is 212 Å². The molecule has 194 valence electrons. The summed E-state index contributed by atoms with van der Waals surface area (Å²) in [4.78, 5) is 11.8. The van der Waals surface area contributed by atoms with Gasteiger partial charge in [-0.2, -0.15) is 0 Å². The monoisotopic (exact) mass is 470 g/mol. The molecule has 0 aromatic rings. The van der Waals surface area contributed by atoms with E-state index < -0.39 is 0 Å². The third kappa shape index (κ3) is 28.2. The van der Waals surface area contributed by atoms with E-state index in [1.807, 2.05) is 0 Å². The second kappa shape index (κ2) is 29.2. The van der Waals surface area contributed by atoms with E-state index in [1.165, 1.54) is 44.9 Å². The maximum atomic E-state index is 11.8. The number of allylic oxidation sites excluding steroid dienone is 10. The van der Waals surface area contributed by atoms with Gasteiger partial charge in [-0.1, -0.05) is 107 Å². The summed E-state index contributed by atoms with van der Waals surface area (Å²) in [5, 5.41) is 0. The SMILES string of the molecule is CC/C=C\C/C=C\C/C=C/CCCCC(=O)OCCC/C=C/CC/C=C/CCCCCCCC. The van der Waals surface area contributed by atoms with Crippen molar-refractivity contribution in [3.05, 3.63) is 60.8 Å². The highest BCUT2D eigenvalue weighted by molar-refractivity contribution is 5.69. The van der Waals surface area contributed by atoms with E-state index in [0.29, 0.717) is 13.0 Å². The fourth-order valence-electron chi connectivity index (χ4n) is 3.52. The zero-order valence-electron chi connectivity index (χ0n) is 22.5. The molecule has 0 N–H and O–H groups in total. The molecule has 2 nitrogen and oxygen atoms in total. The summed E-state index contributed by atoms with van der Waals surface area (Å²) in [6.45, 7) is 4.96. The second-order valence-corrected chi connectivity index (χ2v) is 8.98. The first-order valence-corrected chi connectivity index (χ1v) is 14.2. The van der Waals surface area contributed by atoms with Gasteiger partial charge < -0.3 is 4.74 Å². The third-order valence-corrected chi connectivity index (χ3v) is 5.62. The lowest BCUT2D eigenvalue weighted by molar-refractivity contribution is -0.143. The summed E-state index contributed by atoms with van der Waals surface area (Å²) in [5.74, 6) is -0.0495. The molecular formula is C32H54O2. The van der Waals surface area contributed by atoms with Crippen LogP contribution in [0.4, 0.5) is 0 Å². The Morgan fingerprint density at radius 2 is 1.03 bits per heavy atom. The van der Waals surface area contributed by atoms with Crippen LogP contribution in [-0.4, -0.2) is 12.6 Å². The van der Waals surface area contributed by atoms with E-state index in [9.17, 15) is 4.79 Å². The van der Waals surface area contributed by atoms with Crippen molar-refractivity contribution < 1.29 is 9.53 Å². The molecule has 2 heteroatoms.